The van der Waals surface area contributed by atoms with Gasteiger partial charge in [0.05, 0.1) is 16.7 Å². The standard InChI is InChI=1S/C26H18O9/c1-12-4-7-21-19(8-12)24-20(26(34-21)32-14(3)28)10-18(25(30)35-24)17-11-23(29)33-22-9-15(31-13(2)27)5-6-16(17)22/h4-11,26H,1-3H3. The normalized spacial score (nSPS) is 14.0. The number of aryl methyl sites for hydroxylation is 1. The van der Waals surface area contributed by atoms with Gasteiger partial charge in [0.1, 0.15) is 17.1 Å². The summed E-state index contributed by atoms with van der Waals surface area (Å²) in [6.45, 7) is 4.37. The third kappa shape index (κ3) is 4.08. The number of hydrogen-bond acceptors (Lipinski definition) is 9. The highest BCUT2D eigenvalue weighted by Gasteiger charge is 2.32. The summed E-state index contributed by atoms with van der Waals surface area (Å²) < 4.78 is 27.3. The number of carbonyl (C=O) groups excluding carboxylic acids is 2. The van der Waals surface area contributed by atoms with E-state index in [4.69, 9.17) is 23.0 Å². The van der Waals surface area contributed by atoms with Crippen molar-refractivity contribution in [2.75, 3.05) is 0 Å². The first kappa shape index (κ1) is 22.1. The van der Waals surface area contributed by atoms with Gasteiger partial charge in [-0.1, -0.05) is 11.6 Å². The first-order valence-corrected chi connectivity index (χ1v) is 10.6. The minimum Gasteiger partial charge on any atom is -0.450 e. The van der Waals surface area contributed by atoms with Gasteiger partial charge in [0, 0.05) is 36.9 Å². The molecule has 9 nitrogen and oxygen atoms in total. The van der Waals surface area contributed by atoms with Gasteiger partial charge in [-0.3, -0.25) is 9.59 Å². The highest BCUT2D eigenvalue weighted by molar-refractivity contribution is 5.94. The number of esters is 2. The fraction of sp³-hybridized carbons (Fsp3) is 0.154. The Morgan fingerprint density at radius 2 is 1.66 bits per heavy atom. The Hall–Kier alpha value is -4.66. The molecule has 1 aliphatic heterocycles. The van der Waals surface area contributed by atoms with Crippen molar-refractivity contribution >= 4 is 22.9 Å². The number of carbonyl (C=O) groups is 2. The van der Waals surface area contributed by atoms with E-state index in [-0.39, 0.29) is 28.2 Å². The third-order valence-corrected chi connectivity index (χ3v) is 5.39. The van der Waals surface area contributed by atoms with Gasteiger partial charge in [-0.2, -0.15) is 0 Å². The molecule has 2 aromatic carbocycles. The summed E-state index contributed by atoms with van der Waals surface area (Å²) in [4.78, 5) is 48.5. The van der Waals surface area contributed by atoms with Gasteiger partial charge in [0.25, 0.3) is 6.29 Å². The topological polar surface area (TPSA) is 122 Å². The van der Waals surface area contributed by atoms with Crippen LogP contribution in [-0.4, -0.2) is 11.9 Å². The second-order valence-corrected chi connectivity index (χ2v) is 8.02. The van der Waals surface area contributed by atoms with E-state index < -0.39 is 29.5 Å². The molecule has 176 valence electrons. The summed E-state index contributed by atoms with van der Waals surface area (Å²) in [6.07, 6.45) is -1.16. The first-order chi connectivity index (χ1) is 16.7. The molecule has 3 heterocycles. The van der Waals surface area contributed by atoms with Gasteiger partial charge in [-0.05, 0) is 37.3 Å². The van der Waals surface area contributed by atoms with Crippen molar-refractivity contribution in [3.8, 4) is 33.9 Å². The maximum atomic E-state index is 13.2. The van der Waals surface area contributed by atoms with Gasteiger partial charge in [-0.15, -0.1) is 0 Å². The Morgan fingerprint density at radius 3 is 2.40 bits per heavy atom. The van der Waals surface area contributed by atoms with Crippen molar-refractivity contribution in [3.63, 3.8) is 0 Å². The van der Waals surface area contributed by atoms with Crippen LogP contribution in [-0.2, 0) is 14.3 Å². The Labute approximate surface area is 197 Å². The van der Waals surface area contributed by atoms with Gasteiger partial charge in [-0.25, -0.2) is 9.59 Å². The van der Waals surface area contributed by atoms with Crippen LogP contribution in [0, 0.1) is 6.92 Å². The van der Waals surface area contributed by atoms with Crippen LogP contribution in [0.1, 0.15) is 31.3 Å². The largest absolute Gasteiger partial charge is 0.450 e. The maximum Gasteiger partial charge on any atom is 0.344 e. The van der Waals surface area contributed by atoms with Crippen LogP contribution >= 0.6 is 0 Å². The minimum atomic E-state index is -1.16. The van der Waals surface area contributed by atoms with E-state index >= 15 is 0 Å². The molecule has 0 amide bonds. The molecule has 2 aromatic heterocycles. The average Bonchev–Trinajstić information content (AvgIpc) is 2.77. The van der Waals surface area contributed by atoms with Crippen LogP contribution < -0.4 is 20.7 Å². The van der Waals surface area contributed by atoms with Crippen LogP contribution in [0.3, 0.4) is 0 Å². The van der Waals surface area contributed by atoms with Crippen molar-refractivity contribution in [1.29, 1.82) is 0 Å². The molecule has 0 saturated heterocycles. The van der Waals surface area contributed by atoms with E-state index in [1.807, 2.05) is 13.0 Å². The van der Waals surface area contributed by atoms with Crippen molar-refractivity contribution in [2.24, 2.45) is 0 Å². The number of hydrogen-bond donors (Lipinski definition) is 0. The van der Waals surface area contributed by atoms with Crippen molar-refractivity contribution in [2.45, 2.75) is 27.1 Å². The lowest BCUT2D eigenvalue weighted by molar-refractivity contribution is -0.162. The molecule has 9 heteroatoms. The van der Waals surface area contributed by atoms with Crippen LogP contribution in [0.25, 0.3) is 33.4 Å². The number of ether oxygens (including phenoxy) is 3. The predicted octanol–water partition coefficient (Wildman–Crippen LogP) is 4.27. The Morgan fingerprint density at radius 1 is 0.857 bits per heavy atom. The molecule has 0 bridgehead atoms. The van der Waals surface area contributed by atoms with Gasteiger partial charge < -0.3 is 23.0 Å². The van der Waals surface area contributed by atoms with Crippen molar-refractivity contribution < 1.29 is 32.6 Å². The molecule has 5 rings (SSSR count). The second-order valence-electron chi connectivity index (χ2n) is 8.02. The smallest absolute Gasteiger partial charge is 0.344 e. The molecule has 1 atom stereocenters. The molecule has 0 radical (unpaired) electrons. The lowest BCUT2D eigenvalue weighted by atomic mass is 9.97. The maximum absolute atomic E-state index is 13.2. The Kier molecular flexibility index (Phi) is 5.24. The predicted molar refractivity (Wildman–Crippen MR) is 123 cm³/mol. The summed E-state index contributed by atoms with van der Waals surface area (Å²) in [7, 11) is 0. The van der Waals surface area contributed by atoms with Crippen molar-refractivity contribution in [1.82, 2.24) is 0 Å². The molecule has 0 spiro atoms. The summed E-state index contributed by atoms with van der Waals surface area (Å²) >= 11 is 0. The molecular weight excluding hydrogens is 456 g/mol. The summed E-state index contributed by atoms with van der Waals surface area (Å²) in [5.41, 5.74) is 0.705. The van der Waals surface area contributed by atoms with Crippen LogP contribution in [0.2, 0.25) is 0 Å². The SMILES string of the molecule is CC(=O)Oc1ccc2c(-c3cc4c(oc3=O)-c3cc(C)ccc3OC4OC(C)=O)cc(=O)oc2c1. The van der Waals surface area contributed by atoms with E-state index in [1.54, 1.807) is 18.2 Å². The molecule has 1 unspecified atom stereocenters. The molecule has 0 fully saturated rings. The average molecular weight is 474 g/mol. The fourth-order valence-corrected chi connectivity index (χ4v) is 4.00. The molecule has 0 N–H and O–H groups in total. The van der Waals surface area contributed by atoms with E-state index in [9.17, 15) is 19.2 Å². The zero-order valence-corrected chi connectivity index (χ0v) is 18.9. The highest BCUT2D eigenvalue weighted by Crippen LogP contribution is 2.44. The lowest BCUT2D eigenvalue weighted by Crippen LogP contribution is -2.21. The molecule has 35 heavy (non-hydrogen) atoms. The zero-order valence-electron chi connectivity index (χ0n) is 18.9. The van der Waals surface area contributed by atoms with Gasteiger partial charge in [0.2, 0.25) is 0 Å². The van der Waals surface area contributed by atoms with Gasteiger partial charge in [0.15, 0.2) is 5.76 Å². The number of fused-ring (bicyclic) bond motifs is 4. The monoisotopic (exact) mass is 474 g/mol. The van der Waals surface area contributed by atoms with Gasteiger partial charge >= 0.3 is 23.2 Å². The van der Waals surface area contributed by atoms with E-state index in [1.165, 1.54) is 32.0 Å². The quantitative estimate of drug-likeness (QED) is 0.243. The van der Waals surface area contributed by atoms with E-state index in [2.05, 4.69) is 0 Å². The molecule has 0 aliphatic carbocycles. The number of benzene rings is 2. The second kappa shape index (κ2) is 8.28. The first-order valence-electron chi connectivity index (χ1n) is 10.6. The fourth-order valence-electron chi connectivity index (χ4n) is 4.00. The Bertz CT molecular complexity index is 1640. The summed E-state index contributed by atoms with van der Waals surface area (Å²) in [5.74, 6) is -0.343. The molecular formula is C26H18O9. The van der Waals surface area contributed by atoms with E-state index in [0.717, 1.165) is 11.6 Å². The van der Waals surface area contributed by atoms with Crippen molar-refractivity contribution in [3.05, 3.63) is 80.5 Å². The zero-order chi connectivity index (χ0) is 24.9. The Balaban J connectivity index is 1.74. The highest BCUT2D eigenvalue weighted by atomic mass is 16.7. The summed E-state index contributed by atoms with van der Waals surface area (Å²) in [6, 6.07) is 12.4. The lowest BCUT2D eigenvalue weighted by Gasteiger charge is -2.27. The molecule has 4 aromatic rings. The number of rotatable bonds is 3. The molecule has 0 saturated carbocycles. The van der Waals surface area contributed by atoms with Crippen LogP contribution in [0.15, 0.2) is 67.0 Å². The minimum absolute atomic E-state index is 0.0405. The molecule has 1 aliphatic rings. The van der Waals surface area contributed by atoms with Crippen LogP contribution in [0.4, 0.5) is 0 Å². The third-order valence-electron chi connectivity index (χ3n) is 5.39. The van der Waals surface area contributed by atoms with E-state index in [0.29, 0.717) is 22.3 Å². The van der Waals surface area contributed by atoms with Crippen LogP contribution in [0.5, 0.6) is 11.5 Å². The summed E-state index contributed by atoms with van der Waals surface area (Å²) in [5, 5.41) is 0.407.